The summed E-state index contributed by atoms with van der Waals surface area (Å²) in [6.07, 6.45) is 0. The number of carbonyl (C=O) groups is 1. The highest BCUT2D eigenvalue weighted by Gasteiger charge is 2.22. The second-order valence-corrected chi connectivity index (χ2v) is 9.89. The third-order valence-corrected chi connectivity index (χ3v) is 5.82. The summed E-state index contributed by atoms with van der Waals surface area (Å²) >= 11 is 0. The van der Waals surface area contributed by atoms with E-state index in [0.29, 0.717) is 6.61 Å². The highest BCUT2D eigenvalue weighted by molar-refractivity contribution is 5.87. The van der Waals surface area contributed by atoms with Gasteiger partial charge in [-0.15, -0.1) is 10.2 Å². The van der Waals surface area contributed by atoms with E-state index in [0.717, 1.165) is 61.0 Å². The van der Waals surface area contributed by atoms with Crippen molar-refractivity contribution >= 4 is 11.8 Å². The number of benzene rings is 2. The predicted octanol–water partition coefficient (Wildman–Crippen LogP) is 4.53. The molecule has 0 bridgehead atoms. The van der Waals surface area contributed by atoms with Gasteiger partial charge in [0.2, 0.25) is 0 Å². The molecule has 190 valence electrons. The van der Waals surface area contributed by atoms with Gasteiger partial charge in [-0.25, -0.2) is 4.79 Å². The maximum atomic E-state index is 12.2. The van der Waals surface area contributed by atoms with Crippen molar-refractivity contribution in [2.24, 2.45) is 0 Å². The maximum Gasteiger partial charge on any atom is 0.359 e. The number of anilines is 1. The molecule has 1 fully saturated rings. The molecule has 0 amide bonds. The average Bonchev–Trinajstić information content (AvgIpc) is 2.84. The number of carbonyl (C=O) groups excluding carboxylic acids is 1. The smallest absolute Gasteiger partial charge is 0.359 e. The van der Waals surface area contributed by atoms with Gasteiger partial charge >= 0.3 is 5.97 Å². The maximum absolute atomic E-state index is 12.2. The molecular weight excluding hydrogens is 456 g/mol. The van der Waals surface area contributed by atoms with Crippen molar-refractivity contribution < 1.29 is 19.4 Å². The number of phenols is 1. The molecule has 2 aromatic carbocycles. The zero-order chi connectivity index (χ0) is 25.7. The first-order chi connectivity index (χ1) is 17.2. The van der Waals surface area contributed by atoms with Gasteiger partial charge in [0.1, 0.15) is 17.1 Å². The molecule has 0 aliphatic carbocycles. The lowest BCUT2D eigenvalue weighted by atomic mass is 10.0. The van der Waals surface area contributed by atoms with Crippen molar-refractivity contribution in [2.75, 3.05) is 37.7 Å². The molecule has 0 saturated carbocycles. The SMILES string of the molecule is CCOc1cc(CN2CCN(c3ccc(C(=O)OC(C)(C)C)nn3)CC2)cc(-c2cccc(O)c2)c1. The van der Waals surface area contributed by atoms with Crippen LogP contribution in [0.2, 0.25) is 0 Å². The molecular formula is C28H34N4O4. The first-order valence-electron chi connectivity index (χ1n) is 12.3. The number of hydrogen-bond donors (Lipinski definition) is 1. The summed E-state index contributed by atoms with van der Waals surface area (Å²) in [6.45, 7) is 12.2. The molecule has 1 aromatic heterocycles. The quantitative estimate of drug-likeness (QED) is 0.484. The number of nitrogens with zero attached hydrogens (tertiary/aromatic N) is 4. The summed E-state index contributed by atoms with van der Waals surface area (Å²) in [7, 11) is 0. The minimum absolute atomic E-state index is 0.212. The van der Waals surface area contributed by atoms with Crippen molar-refractivity contribution in [1.82, 2.24) is 15.1 Å². The molecule has 1 N–H and O–H groups in total. The van der Waals surface area contributed by atoms with E-state index in [1.165, 1.54) is 0 Å². The Hall–Kier alpha value is -3.65. The largest absolute Gasteiger partial charge is 0.508 e. The molecule has 2 heterocycles. The molecule has 8 nitrogen and oxygen atoms in total. The number of ether oxygens (including phenoxy) is 2. The van der Waals surface area contributed by atoms with E-state index in [4.69, 9.17) is 9.47 Å². The molecule has 3 aromatic rings. The summed E-state index contributed by atoms with van der Waals surface area (Å²) in [5.41, 5.74) is 2.78. The molecule has 0 unspecified atom stereocenters. The van der Waals surface area contributed by atoms with Crippen LogP contribution in [0.4, 0.5) is 5.82 Å². The molecule has 8 heteroatoms. The van der Waals surface area contributed by atoms with E-state index in [1.807, 2.05) is 52.0 Å². The normalized spacial score (nSPS) is 14.5. The van der Waals surface area contributed by atoms with Crippen LogP contribution in [-0.4, -0.2) is 64.6 Å². The molecule has 0 atom stereocenters. The van der Waals surface area contributed by atoms with Crippen LogP contribution in [0.15, 0.2) is 54.6 Å². The van der Waals surface area contributed by atoms with Crippen LogP contribution in [0.5, 0.6) is 11.5 Å². The monoisotopic (exact) mass is 490 g/mol. The Morgan fingerprint density at radius 1 is 0.972 bits per heavy atom. The van der Waals surface area contributed by atoms with Crippen LogP contribution in [-0.2, 0) is 11.3 Å². The Balaban J connectivity index is 1.39. The van der Waals surface area contributed by atoms with E-state index in [9.17, 15) is 9.90 Å². The molecule has 1 saturated heterocycles. The van der Waals surface area contributed by atoms with Crippen molar-refractivity contribution in [3.8, 4) is 22.6 Å². The Kier molecular flexibility index (Phi) is 7.74. The molecule has 4 rings (SSSR count). The zero-order valence-electron chi connectivity index (χ0n) is 21.4. The summed E-state index contributed by atoms with van der Waals surface area (Å²) in [6, 6.07) is 17.0. The topological polar surface area (TPSA) is 88.0 Å². The van der Waals surface area contributed by atoms with Gasteiger partial charge < -0.3 is 19.5 Å². The minimum atomic E-state index is -0.570. The van der Waals surface area contributed by atoms with Gasteiger partial charge in [-0.1, -0.05) is 12.1 Å². The van der Waals surface area contributed by atoms with Crippen LogP contribution in [0.1, 0.15) is 43.7 Å². The zero-order valence-corrected chi connectivity index (χ0v) is 21.4. The van der Waals surface area contributed by atoms with Crippen LogP contribution >= 0.6 is 0 Å². The second-order valence-electron chi connectivity index (χ2n) is 9.89. The number of piperazine rings is 1. The molecule has 36 heavy (non-hydrogen) atoms. The first kappa shape index (κ1) is 25.4. The van der Waals surface area contributed by atoms with Gasteiger partial charge in [0.15, 0.2) is 11.5 Å². The number of aromatic hydroxyl groups is 1. The Morgan fingerprint density at radius 2 is 1.75 bits per heavy atom. The highest BCUT2D eigenvalue weighted by Crippen LogP contribution is 2.29. The van der Waals surface area contributed by atoms with Crippen LogP contribution in [0.3, 0.4) is 0 Å². The van der Waals surface area contributed by atoms with Crippen molar-refractivity contribution in [3.63, 3.8) is 0 Å². The number of rotatable bonds is 7. The number of aromatic nitrogens is 2. The van der Waals surface area contributed by atoms with E-state index in [-0.39, 0.29) is 11.4 Å². The van der Waals surface area contributed by atoms with Crippen molar-refractivity contribution in [3.05, 3.63) is 65.9 Å². The van der Waals surface area contributed by atoms with Gasteiger partial charge in [0.05, 0.1) is 6.61 Å². The molecule has 1 aliphatic rings. The second kappa shape index (κ2) is 11.0. The Bertz CT molecular complexity index is 1180. The van der Waals surface area contributed by atoms with Crippen LogP contribution < -0.4 is 9.64 Å². The third-order valence-electron chi connectivity index (χ3n) is 5.82. The fourth-order valence-electron chi connectivity index (χ4n) is 4.18. The molecule has 1 aliphatic heterocycles. The highest BCUT2D eigenvalue weighted by atomic mass is 16.6. The number of hydrogen-bond acceptors (Lipinski definition) is 8. The average molecular weight is 491 g/mol. The van der Waals surface area contributed by atoms with Crippen LogP contribution in [0, 0.1) is 0 Å². The Morgan fingerprint density at radius 3 is 2.39 bits per heavy atom. The van der Waals surface area contributed by atoms with E-state index >= 15 is 0 Å². The lowest BCUT2D eigenvalue weighted by Gasteiger charge is -2.35. The minimum Gasteiger partial charge on any atom is -0.508 e. The molecule has 0 radical (unpaired) electrons. The summed E-state index contributed by atoms with van der Waals surface area (Å²) in [4.78, 5) is 16.8. The lowest BCUT2D eigenvalue weighted by molar-refractivity contribution is 0.00616. The third kappa shape index (κ3) is 6.73. The first-order valence-corrected chi connectivity index (χ1v) is 12.3. The van der Waals surface area contributed by atoms with Crippen LogP contribution in [0.25, 0.3) is 11.1 Å². The number of phenolic OH excluding ortho intramolecular Hbond substituents is 1. The lowest BCUT2D eigenvalue weighted by Crippen LogP contribution is -2.46. The standard InChI is InChI=1S/C28H34N4O4/c1-5-35-24-16-20(15-22(18-24)21-7-6-8-23(33)17-21)19-31-11-13-32(14-12-31)26-10-9-25(29-30-26)27(34)36-28(2,3)4/h6-10,15-18,33H,5,11-14,19H2,1-4H3. The Labute approximate surface area is 212 Å². The summed E-state index contributed by atoms with van der Waals surface area (Å²) in [5.74, 6) is 1.36. The van der Waals surface area contributed by atoms with Gasteiger partial charge in [-0.3, -0.25) is 4.90 Å². The summed E-state index contributed by atoms with van der Waals surface area (Å²) in [5, 5.41) is 18.3. The fourth-order valence-corrected chi connectivity index (χ4v) is 4.18. The number of esters is 1. The fraction of sp³-hybridized carbons (Fsp3) is 0.393. The van der Waals surface area contributed by atoms with Gasteiger partial charge in [0, 0.05) is 32.7 Å². The predicted molar refractivity (Wildman–Crippen MR) is 139 cm³/mol. The van der Waals surface area contributed by atoms with Gasteiger partial charge in [0.25, 0.3) is 0 Å². The van der Waals surface area contributed by atoms with Gasteiger partial charge in [-0.2, -0.15) is 0 Å². The van der Waals surface area contributed by atoms with Gasteiger partial charge in [-0.05, 0) is 86.8 Å². The van der Waals surface area contributed by atoms with E-state index in [2.05, 4.69) is 32.1 Å². The molecule has 0 spiro atoms. The van der Waals surface area contributed by atoms with Crippen molar-refractivity contribution in [2.45, 2.75) is 39.8 Å². The summed E-state index contributed by atoms with van der Waals surface area (Å²) < 4.78 is 11.2. The van der Waals surface area contributed by atoms with E-state index in [1.54, 1.807) is 18.2 Å². The van der Waals surface area contributed by atoms with Crippen molar-refractivity contribution in [1.29, 1.82) is 0 Å². The van der Waals surface area contributed by atoms with E-state index < -0.39 is 11.6 Å².